The first-order chi connectivity index (χ1) is 16.8. The smallest absolute Gasteiger partial charge is 0.241 e. The summed E-state index contributed by atoms with van der Waals surface area (Å²) >= 11 is 12.6. The van der Waals surface area contributed by atoms with Crippen molar-refractivity contribution in [2.45, 2.75) is 18.9 Å². The van der Waals surface area contributed by atoms with Crippen molar-refractivity contribution in [3.63, 3.8) is 0 Å². The van der Waals surface area contributed by atoms with Crippen LogP contribution in [0.1, 0.15) is 24.4 Å². The fourth-order valence-electron chi connectivity index (χ4n) is 4.66. The van der Waals surface area contributed by atoms with Gasteiger partial charge in [0.05, 0.1) is 22.6 Å². The first-order valence-electron chi connectivity index (χ1n) is 11.9. The van der Waals surface area contributed by atoms with E-state index in [4.69, 9.17) is 23.2 Å². The highest BCUT2D eigenvalue weighted by Crippen LogP contribution is 2.36. The van der Waals surface area contributed by atoms with Crippen molar-refractivity contribution < 1.29 is 9.90 Å². The van der Waals surface area contributed by atoms with E-state index in [-0.39, 0.29) is 24.2 Å². The summed E-state index contributed by atoms with van der Waals surface area (Å²) in [5.74, 6) is 0.205. The van der Waals surface area contributed by atoms with Crippen molar-refractivity contribution in [2.24, 2.45) is 0 Å². The number of phenols is 1. The van der Waals surface area contributed by atoms with E-state index in [1.807, 2.05) is 60.3 Å². The Morgan fingerprint density at radius 2 is 1.71 bits per heavy atom. The number of phenolic OH excluding ortho intramolecular Hbond substituents is 1. The number of halogens is 2. The number of anilines is 1. The molecule has 1 amide bonds. The van der Waals surface area contributed by atoms with E-state index >= 15 is 0 Å². The third-order valence-electron chi connectivity index (χ3n) is 6.33. The lowest BCUT2D eigenvalue weighted by atomic mass is 9.97. The average Bonchev–Trinajstić information content (AvgIpc) is 3.34. The number of hydrogen-bond acceptors (Lipinski definition) is 4. The second-order valence-electron chi connectivity index (χ2n) is 9.27. The van der Waals surface area contributed by atoms with Crippen LogP contribution in [0.5, 0.6) is 5.75 Å². The zero-order valence-electron chi connectivity index (χ0n) is 20.1. The molecule has 0 aromatic heterocycles. The van der Waals surface area contributed by atoms with Crippen molar-refractivity contribution >= 4 is 34.8 Å². The minimum atomic E-state index is -0.247. The minimum Gasteiger partial charge on any atom is -0.507 e. The monoisotopic (exact) mass is 511 g/mol. The summed E-state index contributed by atoms with van der Waals surface area (Å²) in [7, 11) is 3.78. The Kier molecular flexibility index (Phi) is 8.34. The topological polar surface area (TPSA) is 47.0 Å². The van der Waals surface area contributed by atoms with Crippen molar-refractivity contribution in [3.05, 3.63) is 82.3 Å². The Bertz CT molecular complexity index is 1180. The van der Waals surface area contributed by atoms with Crippen LogP contribution in [-0.4, -0.2) is 61.1 Å². The molecular formula is C28H31Cl2N3O2. The number of benzene rings is 3. The number of likely N-dealkylation sites (N-methyl/N-ethyl adjacent to an activating group) is 1. The summed E-state index contributed by atoms with van der Waals surface area (Å²) in [5, 5.41) is 11.3. The summed E-state index contributed by atoms with van der Waals surface area (Å²) < 4.78 is 0. The molecule has 0 radical (unpaired) electrons. The van der Waals surface area contributed by atoms with Gasteiger partial charge in [0, 0.05) is 17.8 Å². The molecule has 3 aromatic carbocycles. The van der Waals surface area contributed by atoms with Crippen LogP contribution in [0.25, 0.3) is 11.1 Å². The lowest BCUT2D eigenvalue weighted by Crippen LogP contribution is -2.44. The first-order valence-corrected chi connectivity index (χ1v) is 12.6. The lowest BCUT2D eigenvalue weighted by Gasteiger charge is -2.36. The number of carbonyl (C=O) groups excluding carboxylic acids is 1. The molecular weight excluding hydrogens is 481 g/mol. The van der Waals surface area contributed by atoms with Gasteiger partial charge in [-0.1, -0.05) is 59.6 Å². The SMILES string of the molecule is CN(C)CC(=O)N(c1ccc(Cl)c(Cl)c1)C(CN1CCCC1)c1cccc(-c2ccccc2O)c1. The van der Waals surface area contributed by atoms with Gasteiger partial charge < -0.3 is 19.8 Å². The van der Waals surface area contributed by atoms with E-state index in [1.54, 1.807) is 18.2 Å². The van der Waals surface area contributed by atoms with E-state index in [0.29, 0.717) is 22.3 Å². The quantitative estimate of drug-likeness (QED) is 0.397. The van der Waals surface area contributed by atoms with Gasteiger partial charge in [-0.3, -0.25) is 4.79 Å². The zero-order chi connectivity index (χ0) is 24.9. The van der Waals surface area contributed by atoms with E-state index in [2.05, 4.69) is 17.0 Å². The maximum Gasteiger partial charge on any atom is 0.241 e. The number of para-hydroxylation sites is 1. The second kappa shape index (κ2) is 11.4. The molecule has 1 heterocycles. The molecule has 4 rings (SSSR count). The zero-order valence-corrected chi connectivity index (χ0v) is 21.6. The summed E-state index contributed by atoms with van der Waals surface area (Å²) in [6.07, 6.45) is 2.31. The molecule has 1 saturated heterocycles. The van der Waals surface area contributed by atoms with Crippen LogP contribution in [0.2, 0.25) is 10.0 Å². The van der Waals surface area contributed by atoms with Crippen LogP contribution in [-0.2, 0) is 4.79 Å². The molecule has 0 aliphatic carbocycles. The Labute approximate surface area is 217 Å². The lowest BCUT2D eigenvalue weighted by molar-refractivity contribution is -0.119. The third-order valence-corrected chi connectivity index (χ3v) is 7.07. The molecule has 7 heteroatoms. The molecule has 1 unspecified atom stereocenters. The second-order valence-corrected chi connectivity index (χ2v) is 10.1. The van der Waals surface area contributed by atoms with Crippen LogP contribution in [0.4, 0.5) is 5.69 Å². The number of aromatic hydroxyl groups is 1. The first kappa shape index (κ1) is 25.5. The molecule has 0 spiro atoms. The number of nitrogens with zero attached hydrogens (tertiary/aromatic N) is 3. The van der Waals surface area contributed by atoms with E-state index in [9.17, 15) is 9.90 Å². The molecule has 1 aliphatic heterocycles. The van der Waals surface area contributed by atoms with Gasteiger partial charge in [-0.2, -0.15) is 0 Å². The summed E-state index contributed by atoms with van der Waals surface area (Å²) in [6, 6.07) is 20.5. The standard InChI is InChI=1S/C28H31Cl2N3O2/c1-31(2)19-28(35)33(22-12-13-24(29)25(30)17-22)26(18-32-14-5-6-15-32)21-9-7-8-20(16-21)23-10-3-4-11-27(23)34/h3-4,7-13,16-17,26,34H,5-6,14-15,18-19H2,1-2H3. The number of hydrogen-bond donors (Lipinski definition) is 1. The van der Waals surface area contributed by atoms with Gasteiger partial charge in [0.1, 0.15) is 5.75 Å². The molecule has 1 aliphatic rings. The van der Waals surface area contributed by atoms with Crippen molar-refractivity contribution in [1.82, 2.24) is 9.80 Å². The molecule has 1 atom stereocenters. The van der Waals surface area contributed by atoms with Crippen LogP contribution < -0.4 is 4.90 Å². The number of likely N-dealkylation sites (tertiary alicyclic amines) is 1. The summed E-state index contributed by atoms with van der Waals surface area (Å²) in [4.78, 5) is 19.8. The highest BCUT2D eigenvalue weighted by molar-refractivity contribution is 6.42. The van der Waals surface area contributed by atoms with Gasteiger partial charge in [0.25, 0.3) is 0 Å². The highest BCUT2D eigenvalue weighted by Gasteiger charge is 2.30. The Balaban J connectivity index is 1.82. The normalized spacial score (nSPS) is 14.9. The minimum absolute atomic E-state index is 0.0226. The fourth-order valence-corrected chi connectivity index (χ4v) is 4.95. The van der Waals surface area contributed by atoms with Crippen LogP contribution in [0.15, 0.2) is 66.7 Å². The van der Waals surface area contributed by atoms with Gasteiger partial charge in [-0.25, -0.2) is 0 Å². The summed E-state index contributed by atoms with van der Waals surface area (Å²) in [6.45, 7) is 2.97. The maximum atomic E-state index is 13.7. The highest BCUT2D eigenvalue weighted by atomic mass is 35.5. The largest absolute Gasteiger partial charge is 0.507 e. The van der Waals surface area contributed by atoms with Crippen molar-refractivity contribution in [2.75, 3.05) is 45.2 Å². The molecule has 0 saturated carbocycles. The molecule has 5 nitrogen and oxygen atoms in total. The van der Waals surface area contributed by atoms with Gasteiger partial charge in [0.2, 0.25) is 5.91 Å². The van der Waals surface area contributed by atoms with E-state index < -0.39 is 0 Å². The Morgan fingerprint density at radius 1 is 0.971 bits per heavy atom. The molecule has 184 valence electrons. The number of carbonyl (C=O) groups is 1. The molecule has 35 heavy (non-hydrogen) atoms. The fraction of sp³-hybridized carbons (Fsp3) is 0.321. The molecule has 0 bridgehead atoms. The number of rotatable bonds is 8. The number of amides is 1. The van der Waals surface area contributed by atoms with Crippen molar-refractivity contribution in [1.29, 1.82) is 0 Å². The van der Waals surface area contributed by atoms with E-state index in [1.165, 1.54) is 0 Å². The van der Waals surface area contributed by atoms with Crippen LogP contribution in [0.3, 0.4) is 0 Å². The Morgan fingerprint density at radius 3 is 2.40 bits per heavy atom. The van der Waals surface area contributed by atoms with Gasteiger partial charge >= 0.3 is 0 Å². The van der Waals surface area contributed by atoms with E-state index in [0.717, 1.165) is 42.6 Å². The molecule has 1 fully saturated rings. The average molecular weight is 512 g/mol. The van der Waals surface area contributed by atoms with Crippen molar-refractivity contribution in [3.8, 4) is 16.9 Å². The maximum absolute atomic E-state index is 13.7. The van der Waals surface area contributed by atoms with Gasteiger partial charge in [0.15, 0.2) is 0 Å². The summed E-state index contributed by atoms with van der Waals surface area (Å²) in [5.41, 5.74) is 3.37. The van der Waals surface area contributed by atoms with Crippen LogP contribution in [0, 0.1) is 0 Å². The Hall–Kier alpha value is -2.57. The molecule has 1 N–H and O–H groups in total. The third kappa shape index (κ3) is 6.17. The van der Waals surface area contributed by atoms with Gasteiger partial charge in [-0.15, -0.1) is 0 Å². The predicted molar refractivity (Wildman–Crippen MR) is 144 cm³/mol. The van der Waals surface area contributed by atoms with Gasteiger partial charge in [-0.05, 0) is 81.5 Å². The molecule has 3 aromatic rings. The predicted octanol–water partition coefficient (Wildman–Crippen LogP) is 6.10. The van der Waals surface area contributed by atoms with Crippen LogP contribution >= 0.6 is 23.2 Å².